The summed E-state index contributed by atoms with van der Waals surface area (Å²) in [6, 6.07) is 37.9. The molecule has 0 saturated heterocycles. The number of hydrogen-bond acceptors (Lipinski definition) is 1. The van der Waals surface area contributed by atoms with Crippen LogP contribution >= 0.6 is 23.2 Å². The Morgan fingerprint density at radius 2 is 0.767 bits per heavy atom. The molecule has 11 heteroatoms. The summed E-state index contributed by atoms with van der Waals surface area (Å²) in [7, 11) is 0. The van der Waals surface area contributed by atoms with Crippen LogP contribution in [0.15, 0.2) is 169 Å². The van der Waals surface area contributed by atoms with E-state index in [0.29, 0.717) is 0 Å². The van der Waals surface area contributed by atoms with Crippen LogP contribution in [0.4, 0.5) is 35.1 Å². The van der Waals surface area contributed by atoms with Crippen LogP contribution in [0.3, 0.4) is 0 Å². The molecule has 0 aromatic heterocycles. The first-order valence-corrected chi connectivity index (χ1v) is 19.1. The van der Waals surface area contributed by atoms with Crippen LogP contribution < -0.4 is 0 Å². The van der Waals surface area contributed by atoms with E-state index < -0.39 is 64.5 Å². The Labute approximate surface area is 351 Å². The zero-order valence-corrected chi connectivity index (χ0v) is 32.8. The average Bonchev–Trinajstić information content (AvgIpc) is 3.22. The molecule has 2 unspecified atom stereocenters. The Hall–Kier alpha value is -5.95. The van der Waals surface area contributed by atoms with Crippen molar-refractivity contribution in [3.8, 4) is 0 Å². The van der Waals surface area contributed by atoms with Gasteiger partial charge in [0.05, 0.1) is 34.7 Å². The van der Waals surface area contributed by atoms with Gasteiger partial charge in [-0.25, -0.2) is 8.78 Å². The molecule has 6 aromatic rings. The van der Waals surface area contributed by atoms with Crippen molar-refractivity contribution in [1.29, 1.82) is 0 Å². The summed E-state index contributed by atoms with van der Waals surface area (Å²) in [5.41, 5.74) is 5.81. The molecule has 0 bridgehead atoms. The Kier molecular flexibility index (Phi) is 13.8. The summed E-state index contributed by atoms with van der Waals surface area (Å²) in [5.74, 6) is -5.84. The molecule has 0 amide bonds. The lowest BCUT2D eigenvalue weighted by molar-refractivity contribution is -0.123. The molecule has 0 aliphatic carbocycles. The maximum absolute atomic E-state index is 16.0. The number of hydrogen-bond donors (Lipinski definition) is 0. The van der Waals surface area contributed by atoms with Crippen LogP contribution in [0.5, 0.6) is 0 Å². The quantitative estimate of drug-likeness (QED) is 0.0885. The molecular weight excluding hydrogens is 827 g/mol. The smallest absolute Gasteiger partial charge is 0.298 e. The number of allylic oxidation sites excluding steroid dienone is 2. The van der Waals surface area contributed by atoms with Gasteiger partial charge in [0, 0.05) is 22.3 Å². The van der Waals surface area contributed by atoms with Crippen LogP contribution in [-0.2, 0) is 4.79 Å². The lowest BCUT2D eigenvalue weighted by Crippen LogP contribution is -2.24. The Bertz CT molecular complexity index is 2410. The molecule has 6 aromatic carbocycles. The third kappa shape index (κ3) is 11.2. The highest BCUT2D eigenvalue weighted by Gasteiger charge is 2.38. The zero-order valence-electron chi connectivity index (χ0n) is 31.3. The van der Waals surface area contributed by atoms with Gasteiger partial charge in [0.2, 0.25) is 0 Å². The molecule has 0 N–H and O–H groups in total. The van der Waals surface area contributed by atoms with E-state index in [4.69, 9.17) is 23.2 Å². The third-order valence-electron chi connectivity index (χ3n) is 9.44. The second-order valence-corrected chi connectivity index (χ2v) is 14.5. The van der Waals surface area contributed by atoms with Crippen molar-refractivity contribution >= 4 is 51.3 Å². The number of halogens is 10. The van der Waals surface area contributed by atoms with Gasteiger partial charge in [0.25, 0.3) is 0 Å². The van der Waals surface area contributed by atoms with Crippen LogP contribution in [0.2, 0.25) is 10.0 Å². The number of ketones is 1. The van der Waals surface area contributed by atoms with E-state index in [0.717, 1.165) is 24.3 Å². The van der Waals surface area contributed by atoms with Gasteiger partial charge >= 0.3 is 12.4 Å². The average molecular weight is 860 g/mol. The van der Waals surface area contributed by atoms with Gasteiger partial charge < -0.3 is 0 Å². The minimum absolute atomic E-state index is 0.0188. The van der Waals surface area contributed by atoms with Crippen molar-refractivity contribution in [2.24, 2.45) is 0 Å². The Morgan fingerprint density at radius 3 is 1.05 bits per heavy atom. The predicted molar refractivity (Wildman–Crippen MR) is 221 cm³/mol. The Balaban J connectivity index is 1.80. The monoisotopic (exact) mass is 858 g/mol. The van der Waals surface area contributed by atoms with Gasteiger partial charge in [-0.2, -0.15) is 26.3 Å². The summed E-state index contributed by atoms with van der Waals surface area (Å²) < 4.78 is 116. The van der Waals surface area contributed by atoms with Crippen molar-refractivity contribution < 1.29 is 39.9 Å². The molecule has 0 radical (unpaired) electrons. The minimum Gasteiger partial charge on any atom is -0.298 e. The van der Waals surface area contributed by atoms with Crippen LogP contribution in [0.25, 0.3) is 22.3 Å². The van der Waals surface area contributed by atoms with Crippen molar-refractivity contribution in [1.82, 2.24) is 0 Å². The van der Waals surface area contributed by atoms with E-state index >= 15 is 4.79 Å². The van der Waals surface area contributed by atoms with E-state index in [1.54, 1.807) is 97.1 Å². The number of carbonyl (C=O) groups is 1. The third-order valence-corrected chi connectivity index (χ3v) is 10.0. The fourth-order valence-electron chi connectivity index (χ4n) is 6.80. The minimum atomic E-state index is -4.74. The SMILES string of the molecule is O=C(C(C(=C=C(CC(F)(F)F)c1ccccc1)c1ccccc1)c1ccc(F)c(Cl)c1)C(C(=C=C(CC(F)(F)F)c1ccccc1)c1ccccc1)c1ccc(F)c(Cl)c1. The predicted octanol–water partition coefficient (Wildman–Crippen LogP) is 15.1. The van der Waals surface area contributed by atoms with E-state index in [1.807, 2.05) is 0 Å². The highest BCUT2D eigenvalue weighted by Crippen LogP contribution is 2.45. The lowest BCUT2D eigenvalue weighted by atomic mass is 9.73. The van der Waals surface area contributed by atoms with Crippen LogP contribution in [0.1, 0.15) is 58.1 Å². The van der Waals surface area contributed by atoms with Crippen molar-refractivity contribution in [3.63, 3.8) is 0 Å². The topological polar surface area (TPSA) is 17.1 Å². The largest absolute Gasteiger partial charge is 0.393 e. The van der Waals surface area contributed by atoms with Crippen LogP contribution in [0, 0.1) is 11.6 Å². The van der Waals surface area contributed by atoms with Crippen LogP contribution in [-0.4, -0.2) is 18.1 Å². The molecule has 0 spiro atoms. The van der Waals surface area contributed by atoms with Gasteiger partial charge in [-0.1, -0.05) is 157 Å². The van der Waals surface area contributed by atoms with Crippen molar-refractivity contribution in [2.75, 3.05) is 0 Å². The number of rotatable bonds is 12. The molecule has 6 rings (SSSR count). The second-order valence-electron chi connectivity index (χ2n) is 13.7. The molecule has 0 saturated carbocycles. The van der Waals surface area contributed by atoms with Crippen molar-refractivity contribution in [2.45, 2.75) is 37.0 Å². The maximum atomic E-state index is 16.0. The van der Waals surface area contributed by atoms with Gasteiger partial charge in [0.15, 0.2) is 5.78 Å². The first kappa shape index (κ1) is 43.6. The molecule has 60 heavy (non-hydrogen) atoms. The number of Topliss-reactive ketones (excluding diaryl/α,β-unsaturated/α-hetero) is 1. The fraction of sp³-hybridized carbons (Fsp3) is 0.122. The first-order chi connectivity index (χ1) is 28.6. The summed E-state index contributed by atoms with van der Waals surface area (Å²) >= 11 is 12.7. The summed E-state index contributed by atoms with van der Waals surface area (Å²) in [4.78, 5) is 16.0. The van der Waals surface area contributed by atoms with Gasteiger partial charge in [-0.05, 0) is 57.6 Å². The molecule has 0 heterocycles. The highest BCUT2D eigenvalue weighted by atomic mass is 35.5. The van der Waals surface area contributed by atoms with Gasteiger partial charge in [0.1, 0.15) is 11.6 Å². The van der Waals surface area contributed by atoms with Crippen molar-refractivity contribution in [3.05, 3.63) is 224 Å². The first-order valence-electron chi connectivity index (χ1n) is 18.4. The molecule has 1 nitrogen and oxygen atoms in total. The zero-order chi connectivity index (χ0) is 43.0. The number of benzene rings is 6. The summed E-state index contributed by atoms with van der Waals surface area (Å²) in [5, 5.41) is -0.839. The van der Waals surface area contributed by atoms with E-state index in [-0.39, 0.29) is 55.7 Å². The fourth-order valence-corrected chi connectivity index (χ4v) is 7.17. The Morgan fingerprint density at radius 1 is 0.467 bits per heavy atom. The van der Waals surface area contributed by atoms with E-state index in [9.17, 15) is 35.1 Å². The summed E-state index contributed by atoms with van der Waals surface area (Å²) in [6.07, 6.45) is -12.4. The number of alkyl halides is 6. The maximum Gasteiger partial charge on any atom is 0.393 e. The van der Waals surface area contributed by atoms with E-state index in [2.05, 4.69) is 11.5 Å². The molecule has 0 aliphatic rings. The lowest BCUT2D eigenvalue weighted by Gasteiger charge is -2.27. The molecule has 304 valence electrons. The molecule has 2 atom stereocenters. The highest BCUT2D eigenvalue weighted by molar-refractivity contribution is 6.31. The van der Waals surface area contributed by atoms with Gasteiger partial charge in [-0.3, -0.25) is 4.79 Å². The number of carbonyl (C=O) groups excluding carboxylic acids is 1. The van der Waals surface area contributed by atoms with E-state index in [1.165, 1.54) is 36.4 Å². The van der Waals surface area contributed by atoms with Gasteiger partial charge in [-0.15, -0.1) is 11.5 Å². The standard InChI is InChI=1S/C49H32Cl2F8O/c50-41-27-35(21-23-43(41)52)45(39(33-17-9-3-10-18-33)25-37(29-48(54,55)56)31-13-5-1-6-14-31)47(60)46(36-22-24-44(53)42(51)28-36)40(34-19-11-4-12-20-34)26-38(30-49(57,58)59)32-15-7-2-8-16-32/h1-24,27-28,45-46H,29-30H2. The second kappa shape index (κ2) is 19.0. The normalized spacial score (nSPS) is 12.4. The summed E-state index contributed by atoms with van der Waals surface area (Å²) in [6.45, 7) is 0. The molecule has 0 fully saturated rings. The molecular formula is C49H32Cl2F8O. The molecule has 0 aliphatic heterocycles.